The van der Waals surface area contributed by atoms with E-state index in [9.17, 15) is 4.79 Å². The normalized spacial score (nSPS) is 10.1. The molecular formula is C17H19NO3. The molecule has 2 rings (SSSR count). The van der Waals surface area contributed by atoms with Gasteiger partial charge in [-0.25, -0.2) is 4.79 Å². The van der Waals surface area contributed by atoms with E-state index in [-0.39, 0.29) is 5.97 Å². The molecular weight excluding hydrogens is 266 g/mol. The second-order valence-electron chi connectivity index (χ2n) is 4.73. The van der Waals surface area contributed by atoms with Crippen LogP contribution in [-0.4, -0.2) is 20.2 Å². The maximum absolute atomic E-state index is 11.8. The lowest BCUT2D eigenvalue weighted by atomic mass is 10.1. The zero-order chi connectivity index (χ0) is 15.4. The number of rotatable bonds is 4. The average Bonchev–Trinajstić information content (AvgIpc) is 2.52. The van der Waals surface area contributed by atoms with Gasteiger partial charge in [0, 0.05) is 5.69 Å². The van der Waals surface area contributed by atoms with Gasteiger partial charge in [0.25, 0.3) is 0 Å². The van der Waals surface area contributed by atoms with Crippen molar-refractivity contribution in [1.29, 1.82) is 0 Å². The zero-order valence-electron chi connectivity index (χ0n) is 12.7. The third-order valence-corrected chi connectivity index (χ3v) is 3.56. The number of hydrogen-bond donors (Lipinski definition) is 1. The first-order valence-corrected chi connectivity index (χ1v) is 6.67. The zero-order valence-corrected chi connectivity index (χ0v) is 12.7. The number of anilines is 2. The summed E-state index contributed by atoms with van der Waals surface area (Å²) in [7, 11) is 3.03. The highest BCUT2D eigenvalue weighted by atomic mass is 16.5. The molecule has 0 atom stereocenters. The van der Waals surface area contributed by atoms with E-state index in [1.165, 1.54) is 7.11 Å². The molecule has 0 unspecified atom stereocenters. The monoisotopic (exact) mass is 285 g/mol. The van der Waals surface area contributed by atoms with Crippen molar-refractivity contribution < 1.29 is 14.3 Å². The molecule has 21 heavy (non-hydrogen) atoms. The minimum absolute atomic E-state index is 0.360. The maximum Gasteiger partial charge on any atom is 0.339 e. The minimum atomic E-state index is -0.360. The SMILES string of the molecule is COC(=O)c1ccccc1Nc1ccc(OC)c(C)c1C. The lowest BCUT2D eigenvalue weighted by Crippen LogP contribution is -2.06. The van der Waals surface area contributed by atoms with Crippen LogP contribution < -0.4 is 10.1 Å². The molecule has 0 aliphatic heterocycles. The molecule has 2 aromatic carbocycles. The first-order chi connectivity index (χ1) is 10.1. The number of nitrogens with one attached hydrogen (secondary N) is 1. The Labute approximate surface area is 124 Å². The highest BCUT2D eigenvalue weighted by Crippen LogP contribution is 2.30. The van der Waals surface area contributed by atoms with Gasteiger partial charge < -0.3 is 14.8 Å². The van der Waals surface area contributed by atoms with E-state index in [1.54, 1.807) is 13.2 Å². The van der Waals surface area contributed by atoms with E-state index in [4.69, 9.17) is 9.47 Å². The Balaban J connectivity index is 2.40. The molecule has 0 aliphatic rings. The van der Waals surface area contributed by atoms with Gasteiger partial charge in [0.05, 0.1) is 25.5 Å². The Morgan fingerprint density at radius 1 is 0.952 bits per heavy atom. The molecule has 0 spiro atoms. The van der Waals surface area contributed by atoms with Crippen LogP contribution in [0.25, 0.3) is 0 Å². The fraction of sp³-hybridized carbons (Fsp3) is 0.235. The standard InChI is InChI=1S/C17H19NO3/c1-11-12(2)16(20-3)10-9-14(11)18-15-8-6-5-7-13(15)17(19)21-4/h5-10,18H,1-4H3. The van der Waals surface area contributed by atoms with Crippen molar-refractivity contribution in [1.82, 2.24) is 0 Å². The van der Waals surface area contributed by atoms with Crippen LogP contribution in [-0.2, 0) is 4.74 Å². The molecule has 0 aliphatic carbocycles. The molecule has 2 aromatic rings. The Hall–Kier alpha value is -2.49. The van der Waals surface area contributed by atoms with Crippen LogP contribution in [0.1, 0.15) is 21.5 Å². The summed E-state index contributed by atoms with van der Waals surface area (Å²) >= 11 is 0. The van der Waals surface area contributed by atoms with Crippen LogP contribution >= 0.6 is 0 Å². The summed E-state index contributed by atoms with van der Waals surface area (Å²) in [4.78, 5) is 11.8. The molecule has 0 saturated carbocycles. The molecule has 0 bridgehead atoms. The van der Waals surface area contributed by atoms with Crippen LogP contribution in [0.15, 0.2) is 36.4 Å². The number of ether oxygens (including phenoxy) is 2. The number of hydrogen-bond acceptors (Lipinski definition) is 4. The summed E-state index contributed by atoms with van der Waals surface area (Å²) in [6.45, 7) is 4.02. The fourth-order valence-corrected chi connectivity index (χ4v) is 2.18. The van der Waals surface area contributed by atoms with Crippen LogP contribution in [0, 0.1) is 13.8 Å². The summed E-state index contributed by atoms with van der Waals surface area (Å²) in [5.74, 6) is 0.486. The first-order valence-electron chi connectivity index (χ1n) is 6.67. The molecule has 0 aromatic heterocycles. The van der Waals surface area contributed by atoms with Crippen LogP contribution in [0.4, 0.5) is 11.4 Å². The number of esters is 1. The third-order valence-electron chi connectivity index (χ3n) is 3.56. The smallest absolute Gasteiger partial charge is 0.339 e. The van der Waals surface area contributed by atoms with E-state index in [0.717, 1.165) is 28.3 Å². The molecule has 0 amide bonds. The van der Waals surface area contributed by atoms with Crippen molar-refractivity contribution in [2.45, 2.75) is 13.8 Å². The van der Waals surface area contributed by atoms with Gasteiger partial charge in [-0.3, -0.25) is 0 Å². The van der Waals surface area contributed by atoms with Gasteiger partial charge in [0.1, 0.15) is 5.75 Å². The van der Waals surface area contributed by atoms with Crippen LogP contribution in [0.2, 0.25) is 0 Å². The Morgan fingerprint density at radius 3 is 2.33 bits per heavy atom. The number of para-hydroxylation sites is 1. The van der Waals surface area contributed by atoms with E-state index in [1.807, 2.05) is 44.2 Å². The third kappa shape index (κ3) is 2.99. The highest BCUT2D eigenvalue weighted by molar-refractivity contribution is 5.96. The number of carbonyl (C=O) groups excluding carboxylic acids is 1. The predicted molar refractivity (Wildman–Crippen MR) is 83.5 cm³/mol. The van der Waals surface area contributed by atoms with Gasteiger partial charge >= 0.3 is 5.97 Å². The Kier molecular flexibility index (Phi) is 4.48. The van der Waals surface area contributed by atoms with Crippen LogP contribution in [0.5, 0.6) is 5.75 Å². The van der Waals surface area contributed by atoms with Gasteiger partial charge in [-0.15, -0.1) is 0 Å². The Bertz CT molecular complexity index is 665. The minimum Gasteiger partial charge on any atom is -0.496 e. The lowest BCUT2D eigenvalue weighted by Gasteiger charge is -2.16. The molecule has 4 heteroatoms. The topological polar surface area (TPSA) is 47.6 Å². The molecule has 4 nitrogen and oxygen atoms in total. The van der Waals surface area contributed by atoms with Crippen molar-refractivity contribution in [3.8, 4) is 5.75 Å². The second kappa shape index (κ2) is 6.31. The summed E-state index contributed by atoms with van der Waals surface area (Å²) in [5, 5.41) is 3.29. The summed E-state index contributed by atoms with van der Waals surface area (Å²) in [5.41, 5.74) is 4.31. The van der Waals surface area contributed by atoms with Crippen molar-refractivity contribution in [2.75, 3.05) is 19.5 Å². The molecule has 0 radical (unpaired) electrons. The summed E-state index contributed by atoms with van der Waals surface area (Å²) in [6.07, 6.45) is 0. The lowest BCUT2D eigenvalue weighted by molar-refractivity contribution is 0.0602. The van der Waals surface area contributed by atoms with Gasteiger partial charge in [0.15, 0.2) is 0 Å². The quantitative estimate of drug-likeness (QED) is 0.867. The molecule has 110 valence electrons. The van der Waals surface area contributed by atoms with Crippen molar-refractivity contribution in [2.24, 2.45) is 0 Å². The second-order valence-corrected chi connectivity index (χ2v) is 4.73. The van der Waals surface area contributed by atoms with Gasteiger partial charge in [-0.05, 0) is 49.2 Å². The predicted octanol–water partition coefficient (Wildman–Crippen LogP) is 3.84. The fourth-order valence-electron chi connectivity index (χ4n) is 2.18. The number of benzene rings is 2. The molecule has 0 heterocycles. The first kappa shape index (κ1) is 14.9. The van der Waals surface area contributed by atoms with E-state index >= 15 is 0 Å². The van der Waals surface area contributed by atoms with E-state index in [0.29, 0.717) is 5.56 Å². The maximum atomic E-state index is 11.8. The average molecular weight is 285 g/mol. The molecule has 0 saturated heterocycles. The van der Waals surface area contributed by atoms with Gasteiger partial charge in [0.2, 0.25) is 0 Å². The van der Waals surface area contributed by atoms with Crippen molar-refractivity contribution in [3.63, 3.8) is 0 Å². The Morgan fingerprint density at radius 2 is 1.67 bits per heavy atom. The van der Waals surface area contributed by atoms with Crippen molar-refractivity contribution in [3.05, 3.63) is 53.1 Å². The van der Waals surface area contributed by atoms with Gasteiger partial charge in [-0.1, -0.05) is 12.1 Å². The van der Waals surface area contributed by atoms with E-state index in [2.05, 4.69) is 5.32 Å². The van der Waals surface area contributed by atoms with E-state index < -0.39 is 0 Å². The number of methoxy groups -OCH3 is 2. The molecule has 0 fully saturated rings. The van der Waals surface area contributed by atoms with Crippen LogP contribution in [0.3, 0.4) is 0 Å². The largest absolute Gasteiger partial charge is 0.496 e. The summed E-state index contributed by atoms with van der Waals surface area (Å²) in [6, 6.07) is 11.1. The number of carbonyl (C=O) groups is 1. The highest BCUT2D eigenvalue weighted by Gasteiger charge is 2.13. The summed E-state index contributed by atoms with van der Waals surface area (Å²) < 4.78 is 10.1. The van der Waals surface area contributed by atoms with Gasteiger partial charge in [-0.2, -0.15) is 0 Å². The van der Waals surface area contributed by atoms with Crippen molar-refractivity contribution >= 4 is 17.3 Å². The molecule has 1 N–H and O–H groups in total.